The van der Waals surface area contributed by atoms with Gasteiger partial charge < -0.3 is 10.0 Å². The Morgan fingerprint density at radius 3 is 2.24 bits per heavy atom. The summed E-state index contributed by atoms with van der Waals surface area (Å²) in [7, 11) is 0. The average molecular weight is 240 g/mol. The number of carboxylic acids is 1. The van der Waals surface area contributed by atoms with Crippen LogP contribution in [0.15, 0.2) is 0 Å². The van der Waals surface area contributed by atoms with E-state index in [2.05, 4.69) is 0 Å². The second-order valence-electron chi connectivity index (χ2n) is 4.90. The summed E-state index contributed by atoms with van der Waals surface area (Å²) >= 11 is 0. The highest BCUT2D eigenvalue weighted by atomic mass is 16.4. The predicted octanol–water partition coefficient (Wildman–Crippen LogP) is 0.404. The third-order valence-electron chi connectivity index (χ3n) is 3.67. The average Bonchev–Trinajstić information content (AvgIpc) is 3.13. The lowest BCUT2D eigenvalue weighted by atomic mass is 10.1. The summed E-state index contributed by atoms with van der Waals surface area (Å²) in [6.07, 6.45) is 2.68. The number of rotatable bonds is 4. The van der Waals surface area contributed by atoms with Crippen LogP contribution in [-0.2, 0) is 9.59 Å². The third-order valence-corrected chi connectivity index (χ3v) is 3.67. The molecule has 0 aromatic carbocycles. The Labute approximate surface area is 101 Å². The van der Waals surface area contributed by atoms with Crippen molar-refractivity contribution in [3.05, 3.63) is 0 Å². The zero-order chi connectivity index (χ0) is 12.4. The first kappa shape index (κ1) is 12.4. The van der Waals surface area contributed by atoms with Crippen molar-refractivity contribution in [2.24, 2.45) is 5.92 Å². The molecule has 0 radical (unpaired) electrons. The lowest BCUT2D eigenvalue weighted by Gasteiger charge is -2.37. The van der Waals surface area contributed by atoms with Gasteiger partial charge in [-0.05, 0) is 19.3 Å². The van der Waals surface area contributed by atoms with Crippen LogP contribution < -0.4 is 0 Å². The van der Waals surface area contributed by atoms with Gasteiger partial charge in [0.1, 0.15) is 6.04 Å². The van der Waals surface area contributed by atoms with E-state index in [1.54, 1.807) is 0 Å². The SMILES string of the molecule is CCC(C(=O)O)N1CCN(C(=O)C2CC2)CC1. The van der Waals surface area contributed by atoms with E-state index in [1.807, 2.05) is 16.7 Å². The highest BCUT2D eigenvalue weighted by molar-refractivity contribution is 5.81. The molecule has 2 rings (SSSR count). The minimum atomic E-state index is -0.755. The van der Waals surface area contributed by atoms with E-state index in [-0.39, 0.29) is 11.8 Å². The Morgan fingerprint density at radius 1 is 1.24 bits per heavy atom. The third kappa shape index (κ3) is 2.77. The predicted molar refractivity (Wildman–Crippen MR) is 62.6 cm³/mol. The standard InChI is InChI=1S/C12H20N2O3/c1-2-10(12(16)17)13-5-7-14(8-6-13)11(15)9-3-4-9/h9-10H,2-8H2,1H3,(H,16,17). The van der Waals surface area contributed by atoms with E-state index < -0.39 is 12.0 Å². The summed E-state index contributed by atoms with van der Waals surface area (Å²) in [5, 5.41) is 9.08. The number of carboxylic acid groups (broad SMARTS) is 1. The summed E-state index contributed by atoms with van der Waals surface area (Å²) in [5.41, 5.74) is 0. The van der Waals surface area contributed by atoms with Crippen molar-refractivity contribution in [3.8, 4) is 0 Å². The first-order valence-electron chi connectivity index (χ1n) is 6.39. The number of aliphatic carboxylic acids is 1. The van der Waals surface area contributed by atoms with E-state index in [9.17, 15) is 9.59 Å². The molecule has 1 aliphatic heterocycles. The van der Waals surface area contributed by atoms with Gasteiger partial charge >= 0.3 is 5.97 Å². The Morgan fingerprint density at radius 2 is 1.82 bits per heavy atom. The van der Waals surface area contributed by atoms with Gasteiger partial charge in [-0.3, -0.25) is 14.5 Å². The molecular weight excluding hydrogens is 220 g/mol. The molecule has 1 saturated carbocycles. The van der Waals surface area contributed by atoms with Crippen LogP contribution in [0.5, 0.6) is 0 Å². The molecule has 96 valence electrons. The number of piperazine rings is 1. The lowest BCUT2D eigenvalue weighted by Crippen LogP contribution is -2.54. The zero-order valence-corrected chi connectivity index (χ0v) is 10.3. The molecule has 17 heavy (non-hydrogen) atoms. The van der Waals surface area contributed by atoms with Crippen molar-refractivity contribution in [3.63, 3.8) is 0 Å². The van der Waals surface area contributed by atoms with Crippen LogP contribution in [0.1, 0.15) is 26.2 Å². The minimum absolute atomic E-state index is 0.267. The van der Waals surface area contributed by atoms with Gasteiger partial charge in [0.15, 0.2) is 0 Å². The molecule has 5 heteroatoms. The first-order valence-corrected chi connectivity index (χ1v) is 6.39. The maximum atomic E-state index is 11.8. The molecule has 1 atom stereocenters. The zero-order valence-electron chi connectivity index (χ0n) is 10.3. The lowest BCUT2D eigenvalue weighted by molar-refractivity contribution is -0.145. The van der Waals surface area contributed by atoms with Crippen molar-refractivity contribution in [1.82, 2.24) is 9.80 Å². The molecule has 2 fully saturated rings. The number of carbonyl (C=O) groups excluding carboxylic acids is 1. The number of hydrogen-bond acceptors (Lipinski definition) is 3. The van der Waals surface area contributed by atoms with Gasteiger partial charge in [-0.25, -0.2) is 0 Å². The van der Waals surface area contributed by atoms with Gasteiger partial charge in [-0.2, -0.15) is 0 Å². The van der Waals surface area contributed by atoms with Gasteiger partial charge in [0.2, 0.25) is 5.91 Å². The Kier molecular flexibility index (Phi) is 3.66. The van der Waals surface area contributed by atoms with Crippen molar-refractivity contribution >= 4 is 11.9 Å². The van der Waals surface area contributed by atoms with Gasteiger partial charge in [0, 0.05) is 32.1 Å². The second-order valence-corrected chi connectivity index (χ2v) is 4.90. The molecule has 1 N–H and O–H groups in total. The summed E-state index contributed by atoms with van der Waals surface area (Å²) in [5.74, 6) is -0.217. The van der Waals surface area contributed by atoms with Crippen molar-refractivity contribution in [2.75, 3.05) is 26.2 Å². The van der Waals surface area contributed by atoms with E-state index in [0.717, 1.165) is 12.8 Å². The van der Waals surface area contributed by atoms with E-state index in [0.29, 0.717) is 32.6 Å². The molecular formula is C12H20N2O3. The molecule has 0 bridgehead atoms. The normalized spacial score (nSPS) is 23.5. The first-order chi connectivity index (χ1) is 8.13. The Bertz CT molecular complexity index is 307. The maximum Gasteiger partial charge on any atom is 0.320 e. The van der Waals surface area contributed by atoms with Crippen molar-refractivity contribution < 1.29 is 14.7 Å². The molecule has 1 unspecified atom stereocenters. The highest BCUT2D eigenvalue weighted by Gasteiger charge is 2.36. The maximum absolute atomic E-state index is 11.8. The fourth-order valence-corrected chi connectivity index (χ4v) is 2.43. The molecule has 1 saturated heterocycles. The van der Waals surface area contributed by atoms with Crippen molar-refractivity contribution in [1.29, 1.82) is 0 Å². The molecule has 1 aliphatic carbocycles. The van der Waals surface area contributed by atoms with Gasteiger partial charge in [0.25, 0.3) is 0 Å². The second kappa shape index (κ2) is 5.04. The molecule has 5 nitrogen and oxygen atoms in total. The fraction of sp³-hybridized carbons (Fsp3) is 0.833. The van der Waals surface area contributed by atoms with Crippen molar-refractivity contribution in [2.45, 2.75) is 32.2 Å². The van der Waals surface area contributed by atoms with Crippen LogP contribution >= 0.6 is 0 Å². The number of hydrogen-bond donors (Lipinski definition) is 1. The van der Waals surface area contributed by atoms with Crippen LogP contribution in [0.4, 0.5) is 0 Å². The summed E-state index contributed by atoms with van der Waals surface area (Å²) in [6, 6.07) is -0.395. The molecule has 1 heterocycles. The quantitative estimate of drug-likeness (QED) is 0.773. The number of amides is 1. The number of carbonyl (C=O) groups is 2. The van der Waals surface area contributed by atoms with Gasteiger partial charge in [-0.15, -0.1) is 0 Å². The van der Waals surface area contributed by atoms with Gasteiger partial charge in [-0.1, -0.05) is 6.92 Å². The minimum Gasteiger partial charge on any atom is -0.480 e. The summed E-state index contributed by atoms with van der Waals surface area (Å²) in [6.45, 7) is 4.62. The molecule has 1 amide bonds. The molecule has 0 spiro atoms. The Balaban J connectivity index is 1.84. The number of nitrogens with zero attached hydrogens (tertiary/aromatic N) is 2. The van der Waals surface area contributed by atoms with E-state index in [4.69, 9.17) is 5.11 Å². The molecule has 0 aromatic heterocycles. The summed E-state index contributed by atoms with van der Waals surface area (Å²) < 4.78 is 0. The monoisotopic (exact) mass is 240 g/mol. The van der Waals surface area contributed by atoms with Crippen LogP contribution in [0.25, 0.3) is 0 Å². The smallest absolute Gasteiger partial charge is 0.320 e. The largest absolute Gasteiger partial charge is 0.480 e. The van der Waals surface area contributed by atoms with Crippen LogP contribution in [0.3, 0.4) is 0 Å². The van der Waals surface area contributed by atoms with Gasteiger partial charge in [0.05, 0.1) is 0 Å². The van der Waals surface area contributed by atoms with Crippen LogP contribution in [0, 0.1) is 5.92 Å². The van der Waals surface area contributed by atoms with E-state index >= 15 is 0 Å². The summed E-state index contributed by atoms with van der Waals surface area (Å²) in [4.78, 5) is 26.7. The van der Waals surface area contributed by atoms with E-state index in [1.165, 1.54) is 0 Å². The van der Waals surface area contributed by atoms with Crippen LogP contribution in [-0.4, -0.2) is 59.0 Å². The fourth-order valence-electron chi connectivity index (χ4n) is 2.43. The van der Waals surface area contributed by atoms with Crippen LogP contribution in [0.2, 0.25) is 0 Å². The topological polar surface area (TPSA) is 60.9 Å². The Hall–Kier alpha value is -1.10. The molecule has 2 aliphatic rings. The highest BCUT2D eigenvalue weighted by Crippen LogP contribution is 2.31. The molecule has 0 aromatic rings.